The maximum atomic E-state index is 12.7. The van der Waals surface area contributed by atoms with Crippen molar-refractivity contribution >= 4 is 23.4 Å². The third-order valence-corrected chi connectivity index (χ3v) is 4.81. The molecule has 0 spiro atoms. The van der Waals surface area contributed by atoms with Crippen molar-refractivity contribution in [1.29, 1.82) is 0 Å². The highest BCUT2D eigenvalue weighted by Gasteiger charge is 2.28. The van der Waals surface area contributed by atoms with Crippen LogP contribution in [0.15, 0.2) is 59.5 Å². The van der Waals surface area contributed by atoms with Crippen LogP contribution >= 0.6 is 0 Å². The van der Waals surface area contributed by atoms with Crippen molar-refractivity contribution in [3.63, 3.8) is 0 Å². The number of ether oxygens (including phenoxy) is 1. The summed E-state index contributed by atoms with van der Waals surface area (Å²) in [7, 11) is 0. The number of carbonyl (C=O) groups excluding carboxylic acids is 2. The molecular weight excluding hydrogens is 376 g/mol. The summed E-state index contributed by atoms with van der Waals surface area (Å²) in [6.07, 6.45) is -0.457. The first-order valence-corrected chi connectivity index (χ1v) is 10.1. The monoisotopic (exact) mass is 402 g/mol. The molecular formula is C21H26N2O4S. The Labute approximate surface area is 169 Å². The Morgan fingerprint density at radius 3 is 2.25 bits per heavy atom. The minimum absolute atomic E-state index is 0.247. The highest BCUT2D eigenvalue weighted by Crippen LogP contribution is 2.12. The van der Waals surface area contributed by atoms with E-state index in [1.54, 1.807) is 32.9 Å². The molecule has 0 aliphatic rings. The molecule has 2 N–H and O–H groups in total. The van der Waals surface area contributed by atoms with Gasteiger partial charge in [0.2, 0.25) is 0 Å². The highest BCUT2D eigenvalue weighted by atomic mass is 32.2. The van der Waals surface area contributed by atoms with Crippen LogP contribution in [0.1, 0.15) is 31.9 Å². The third kappa shape index (κ3) is 7.25. The van der Waals surface area contributed by atoms with E-state index in [9.17, 15) is 14.1 Å². The lowest BCUT2D eigenvalue weighted by Gasteiger charge is -2.23. The van der Waals surface area contributed by atoms with Gasteiger partial charge in [-0.25, -0.2) is 4.79 Å². The predicted octanol–water partition coefficient (Wildman–Crippen LogP) is 3.27. The number of aryl methyl sites for hydroxylation is 1. The number of benzene rings is 2. The molecule has 1 unspecified atom stereocenters. The van der Waals surface area contributed by atoms with Gasteiger partial charge in [0.05, 0.1) is 0 Å². The highest BCUT2D eigenvalue weighted by molar-refractivity contribution is 7.90. The zero-order chi connectivity index (χ0) is 20.7. The molecule has 28 heavy (non-hydrogen) atoms. The first kappa shape index (κ1) is 21.8. The standard InChI is InChI=1S/C21H26N2O4S/c1-15-10-12-17(13-11-15)28(26)23-19(24)18(14-16-8-6-5-7-9-16)22-20(25)27-21(2,3)4/h5-13,18H,14H2,1-4H3,(H,22,25)(H,23,24)/t18-,28?/m0/s1. The first-order valence-electron chi connectivity index (χ1n) is 8.96. The number of hydrogen-bond donors (Lipinski definition) is 2. The summed E-state index contributed by atoms with van der Waals surface area (Å²) >= 11 is -1.73. The Balaban J connectivity index is 2.10. The zero-order valence-corrected chi connectivity index (χ0v) is 17.3. The molecule has 0 radical (unpaired) electrons. The van der Waals surface area contributed by atoms with Crippen molar-refractivity contribution < 1.29 is 18.9 Å². The molecule has 0 bridgehead atoms. The third-order valence-electron chi connectivity index (χ3n) is 3.72. The van der Waals surface area contributed by atoms with Gasteiger partial charge in [-0.1, -0.05) is 48.0 Å². The van der Waals surface area contributed by atoms with E-state index in [4.69, 9.17) is 4.74 Å². The summed E-state index contributed by atoms with van der Waals surface area (Å²) < 4.78 is 20.2. The van der Waals surface area contributed by atoms with Crippen molar-refractivity contribution in [3.05, 3.63) is 65.7 Å². The second kappa shape index (κ2) is 9.61. The summed E-state index contributed by atoms with van der Waals surface area (Å²) in [6, 6.07) is 15.4. The molecule has 6 nitrogen and oxygen atoms in total. The Kier molecular flexibility index (Phi) is 7.48. The fourth-order valence-corrected chi connectivity index (χ4v) is 3.22. The predicted molar refractivity (Wildman–Crippen MR) is 109 cm³/mol. The Hall–Kier alpha value is -2.51. The smallest absolute Gasteiger partial charge is 0.408 e. The van der Waals surface area contributed by atoms with Crippen LogP contribution in [-0.4, -0.2) is 28.2 Å². The fourth-order valence-electron chi connectivity index (χ4n) is 2.39. The van der Waals surface area contributed by atoms with Gasteiger partial charge in [0, 0.05) is 6.42 Å². The fraction of sp³-hybridized carbons (Fsp3) is 0.333. The second-order valence-corrected chi connectivity index (χ2v) is 8.65. The number of alkyl carbamates (subject to hydrolysis) is 1. The van der Waals surface area contributed by atoms with E-state index in [1.165, 1.54) is 0 Å². The van der Waals surface area contributed by atoms with Crippen LogP contribution in [-0.2, 0) is 27.3 Å². The molecule has 2 atom stereocenters. The van der Waals surface area contributed by atoms with Crippen molar-refractivity contribution in [1.82, 2.24) is 10.0 Å². The lowest BCUT2D eigenvalue weighted by atomic mass is 10.1. The van der Waals surface area contributed by atoms with Crippen LogP contribution in [0.4, 0.5) is 4.79 Å². The van der Waals surface area contributed by atoms with Gasteiger partial charge in [-0.15, -0.1) is 0 Å². The number of nitrogens with one attached hydrogen (secondary N) is 2. The number of rotatable bonds is 6. The molecule has 0 aliphatic heterocycles. The van der Waals surface area contributed by atoms with Crippen LogP contribution in [0.25, 0.3) is 0 Å². The molecule has 2 amide bonds. The van der Waals surface area contributed by atoms with Crippen LogP contribution in [0.5, 0.6) is 0 Å². The van der Waals surface area contributed by atoms with Crippen molar-refractivity contribution in [2.24, 2.45) is 0 Å². The molecule has 0 aromatic heterocycles. The molecule has 150 valence electrons. The molecule has 2 aromatic rings. The van der Waals surface area contributed by atoms with E-state index < -0.39 is 35.0 Å². The maximum Gasteiger partial charge on any atom is 0.408 e. The molecule has 0 saturated heterocycles. The van der Waals surface area contributed by atoms with Gasteiger partial charge in [-0.05, 0) is 45.4 Å². The quantitative estimate of drug-likeness (QED) is 0.726. The molecule has 0 fully saturated rings. The van der Waals surface area contributed by atoms with E-state index in [0.717, 1.165) is 11.1 Å². The van der Waals surface area contributed by atoms with Crippen LogP contribution in [0.3, 0.4) is 0 Å². The summed E-state index contributed by atoms with van der Waals surface area (Å²) in [4.78, 5) is 25.4. The van der Waals surface area contributed by atoms with E-state index in [2.05, 4.69) is 10.0 Å². The van der Waals surface area contributed by atoms with Gasteiger partial charge in [0.25, 0.3) is 5.91 Å². The van der Waals surface area contributed by atoms with Gasteiger partial charge in [0.1, 0.15) is 23.0 Å². The van der Waals surface area contributed by atoms with Gasteiger partial charge >= 0.3 is 6.09 Å². The average molecular weight is 403 g/mol. The van der Waals surface area contributed by atoms with Gasteiger partial charge in [-0.2, -0.15) is 4.72 Å². The molecule has 2 aromatic carbocycles. The largest absolute Gasteiger partial charge is 0.588 e. The van der Waals surface area contributed by atoms with Gasteiger partial charge in [0.15, 0.2) is 4.90 Å². The maximum absolute atomic E-state index is 12.7. The lowest BCUT2D eigenvalue weighted by Crippen LogP contribution is -2.50. The summed E-state index contributed by atoms with van der Waals surface area (Å²) in [5, 5.41) is 2.58. The Morgan fingerprint density at radius 1 is 1.07 bits per heavy atom. The molecule has 0 saturated carbocycles. The van der Waals surface area contributed by atoms with Crippen molar-refractivity contribution in [2.45, 2.75) is 50.7 Å². The molecule has 0 heterocycles. The number of amides is 2. The normalized spacial score (nSPS) is 13.3. The van der Waals surface area contributed by atoms with Gasteiger partial charge < -0.3 is 14.6 Å². The van der Waals surface area contributed by atoms with E-state index in [1.807, 2.05) is 49.4 Å². The van der Waals surface area contributed by atoms with Crippen LogP contribution in [0.2, 0.25) is 0 Å². The SMILES string of the molecule is Cc1ccc([S+]([O-])NC(=O)[C@H](Cc2ccccc2)NC(=O)OC(C)(C)C)cc1. The van der Waals surface area contributed by atoms with E-state index in [0.29, 0.717) is 4.90 Å². The molecule has 7 heteroatoms. The Morgan fingerprint density at radius 2 is 1.68 bits per heavy atom. The second-order valence-electron chi connectivity index (χ2n) is 7.44. The van der Waals surface area contributed by atoms with Crippen LogP contribution < -0.4 is 10.0 Å². The zero-order valence-electron chi connectivity index (χ0n) is 16.5. The van der Waals surface area contributed by atoms with E-state index in [-0.39, 0.29) is 6.42 Å². The van der Waals surface area contributed by atoms with Crippen molar-refractivity contribution in [2.75, 3.05) is 0 Å². The summed E-state index contributed by atoms with van der Waals surface area (Å²) in [5.74, 6) is -0.548. The number of carbonyl (C=O) groups is 2. The van der Waals surface area contributed by atoms with Crippen molar-refractivity contribution in [3.8, 4) is 0 Å². The van der Waals surface area contributed by atoms with Gasteiger partial charge in [-0.3, -0.25) is 4.79 Å². The lowest BCUT2D eigenvalue weighted by molar-refractivity contribution is -0.121. The average Bonchev–Trinajstić information content (AvgIpc) is 2.61. The minimum Gasteiger partial charge on any atom is -0.588 e. The molecule has 2 rings (SSSR count). The minimum atomic E-state index is -1.73. The molecule has 0 aliphatic carbocycles. The van der Waals surface area contributed by atoms with E-state index >= 15 is 0 Å². The van der Waals surface area contributed by atoms with Crippen LogP contribution in [0, 0.1) is 6.92 Å². The Bertz CT molecular complexity index is 788. The first-order chi connectivity index (χ1) is 13.1. The number of hydrogen-bond acceptors (Lipinski definition) is 4. The topological polar surface area (TPSA) is 90.5 Å². The summed E-state index contributed by atoms with van der Waals surface area (Å²) in [6.45, 7) is 7.15. The summed E-state index contributed by atoms with van der Waals surface area (Å²) in [5.41, 5.74) is 1.20.